The normalized spacial score (nSPS) is 14.2. The number of benzene rings is 1. The van der Waals surface area contributed by atoms with E-state index in [1.807, 2.05) is 0 Å². The van der Waals surface area contributed by atoms with E-state index in [1.54, 1.807) is 6.07 Å². The molecule has 1 aromatic rings. The van der Waals surface area contributed by atoms with E-state index in [0.717, 1.165) is 17.5 Å². The van der Waals surface area contributed by atoms with E-state index < -0.39 is 0 Å². The SMILES string of the molecule is NCc1ccc(F)c2c1CCO2. The number of hydrogen-bond donors (Lipinski definition) is 1. The van der Waals surface area contributed by atoms with Crippen molar-refractivity contribution in [2.75, 3.05) is 6.61 Å². The number of nitrogens with two attached hydrogens (primary N) is 1. The van der Waals surface area contributed by atoms with Gasteiger partial charge in [0.1, 0.15) is 0 Å². The smallest absolute Gasteiger partial charge is 0.165 e. The minimum Gasteiger partial charge on any atom is -0.490 e. The summed E-state index contributed by atoms with van der Waals surface area (Å²) in [6, 6.07) is 3.13. The third-order valence-electron chi connectivity index (χ3n) is 2.13. The van der Waals surface area contributed by atoms with Crippen molar-refractivity contribution >= 4 is 0 Å². The molecule has 1 aliphatic rings. The third kappa shape index (κ3) is 0.975. The summed E-state index contributed by atoms with van der Waals surface area (Å²) >= 11 is 0. The molecule has 2 nitrogen and oxygen atoms in total. The van der Waals surface area contributed by atoms with Gasteiger partial charge in [0.2, 0.25) is 0 Å². The van der Waals surface area contributed by atoms with Crippen molar-refractivity contribution in [2.45, 2.75) is 13.0 Å². The van der Waals surface area contributed by atoms with Crippen molar-refractivity contribution in [1.29, 1.82) is 0 Å². The first kappa shape index (κ1) is 7.55. The molecule has 2 rings (SSSR count). The lowest BCUT2D eigenvalue weighted by atomic mass is 10.1. The van der Waals surface area contributed by atoms with E-state index in [9.17, 15) is 4.39 Å². The van der Waals surface area contributed by atoms with E-state index in [2.05, 4.69) is 0 Å². The van der Waals surface area contributed by atoms with Crippen LogP contribution in [0.1, 0.15) is 11.1 Å². The van der Waals surface area contributed by atoms with Crippen LogP contribution in [0.5, 0.6) is 5.75 Å². The maximum absolute atomic E-state index is 13.0. The van der Waals surface area contributed by atoms with Gasteiger partial charge < -0.3 is 10.5 Å². The van der Waals surface area contributed by atoms with Crippen molar-refractivity contribution in [3.8, 4) is 5.75 Å². The topological polar surface area (TPSA) is 35.2 Å². The predicted octanol–water partition coefficient (Wildman–Crippen LogP) is 1.22. The summed E-state index contributed by atoms with van der Waals surface area (Å²) in [5, 5.41) is 0. The average Bonchev–Trinajstić information content (AvgIpc) is 2.54. The molecule has 0 amide bonds. The van der Waals surface area contributed by atoms with Crippen LogP contribution in [0.2, 0.25) is 0 Å². The van der Waals surface area contributed by atoms with Gasteiger partial charge in [0.25, 0.3) is 0 Å². The maximum atomic E-state index is 13.0. The van der Waals surface area contributed by atoms with Gasteiger partial charge in [-0.2, -0.15) is 0 Å². The zero-order valence-electron chi connectivity index (χ0n) is 6.64. The first-order valence-corrected chi connectivity index (χ1v) is 3.96. The lowest BCUT2D eigenvalue weighted by Crippen LogP contribution is -2.00. The van der Waals surface area contributed by atoms with Crippen LogP contribution in [0.4, 0.5) is 4.39 Å². The van der Waals surface area contributed by atoms with Crippen LogP contribution >= 0.6 is 0 Å². The molecule has 0 atom stereocenters. The number of halogens is 1. The van der Waals surface area contributed by atoms with Gasteiger partial charge in [0, 0.05) is 18.5 Å². The summed E-state index contributed by atoms with van der Waals surface area (Å²) in [5.74, 6) is 0.123. The Kier molecular flexibility index (Phi) is 1.73. The molecule has 0 radical (unpaired) electrons. The summed E-state index contributed by atoms with van der Waals surface area (Å²) < 4.78 is 18.2. The second-order valence-electron chi connectivity index (χ2n) is 2.82. The number of hydrogen-bond acceptors (Lipinski definition) is 2. The molecule has 0 spiro atoms. The molecule has 0 saturated carbocycles. The number of fused-ring (bicyclic) bond motifs is 1. The molecule has 0 unspecified atom stereocenters. The van der Waals surface area contributed by atoms with E-state index in [4.69, 9.17) is 10.5 Å². The summed E-state index contributed by atoms with van der Waals surface area (Å²) in [6.45, 7) is 1.02. The Morgan fingerprint density at radius 1 is 1.50 bits per heavy atom. The molecule has 0 aliphatic carbocycles. The lowest BCUT2D eigenvalue weighted by molar-refractivity contribution is 0.339. The quantitative estimate of drug-likeness (QED) is 0.682. The van der Waals surface area contributed by atoms with Crippen LogP contribution in [0, 0.1) is 5.82 Å². The second kappa shape index (κ2) is 2.75. The zero-order valence-corrected chi connectivity index (χ0v) is 6.64. The Hall–Kier alpha value is -1.09. The molecule has 1 aromatic carbocycles. The summed E-state index contributed by atoms with van der Waals surface area (Å²) in [7, 11) is 0. The van der Waals surface area contributed by atoms with E-state index in [0.29, 0.717) is 18.9 Å². The first-order valence-electron chi connectivity index (χ1n) is 3.96. The fourth-order valence-electron chi connectivity index (χ4n) is 1.52. The molecule has 2 N–H and O–H groups in total. The molecule has 3 heteroatoms. The van der Waals surface area contributed by atoms with Crippen LogP contribution in [0.25, 0.3) is 0 Å². The Bertz CT molecular complexity index is 312. The van der Waals surface area contributed by atoms with Crippen LogP contribution in [0.3, 0.4) is 0 Å². The van der Waals surface area contributed by atoms with Gasteiger partial charge in [-0.3, -0.25) is 0 Å². The standard InChI is InChI=1S/C9H10FNO/c10-8-2-1-6(5-11)7-3-4-12-9(7)8/h1-2H,3-5,11H2. The number of rotatable bonds is 1. The highest BCUT2D eigenvalue weighted by Crippen LogP contribution is 2.30. The summed E-state index contributed by atoms with van der Waals surface area (Å²) in [4.78, 5) is 0. The summed E-state index contributed by atoms with van der Waals surface area (Å²) in [6.07, 6.45) is 0.777. The van der Waals surface area contributed by atoms with Gasteiger partial charge in [0.15, 0.2) is 11.6 Å². The zero-order chi connectivity index (χ0) is 8.55. The van der Waals surface area contributed by atoms with Crippen LogP contribution < -0.4 is 10.5 Å². The number of ether oxygens (including phenoxy) is 1. The predicted molar refractivity (Wildman–Crippen MR) is 43.5 cm³/mol. The Labute approximate surface area is 70.1 Å². The van der Waals surface area contributed by atoms with Gasteiger partial charge >= 0.3 is 0 Å². The highest BCUT2D eigenvalue weighted by atomic mass is 19.1. The van der Waals surface area contributed by atoms with Crippen LogP contribution in [-0.2, 0) is 13.0 Å². The van der Waals surface area contributed by atoms with Crippen molar-refractivity contribution < 1.29 is 9.13 Å². The average molecular weight is 167 g/mol. The van der Waals surface area contributed by atoms with Crippen molar-refractivity contribution in [1.82, 2.24) is 0 Å². The minimum absolute atomic E-state index is 0.278. The van der Waals surface area contributed by atoms with E-state index >= 15 is 0 Å². The van der Waals surface area contributed by atoms with Crippen molar-refractivity contribution in [3.05, 3.63) is 29.1 Å². The Balaban J connectivity index is 2.57. The van der Waals surface area contributed by atoms with Gasteiger partial charge in [-0.15, -0.1) is 0 Å². The fourth-order valence-corrected chi connectivity index (χ4v) is 1.52. The Morgan fingerprint density at radius 2 is 2.33 bits per heavy atom. The minimum atomic E-state index is -0.278. The lowest BCUT2D eigenvalue weighted by Gasteiger charge is -2.04. The molecule has 0 saturated heterocycles. The highest BCUT2D eigenvalue weighted by molar-refractivity contribution is 5.43. The Morgan fingerprint density at radius 3 is 3.08 bits per heavy atom. The molecular formula is C9H10FNO. The molecule has 0 fully saturated rings. The van der Waals surface area contributed by atoms with Crippen molar-refractivity contribution in [3.63, 3.8) is 0 Å². The molecule has 64 valence electrons. The van der Waals surface area contributed by atoms with Crippen LogP contribution in [0.15, 0.2) is 12.1 Å². The first-order chi connectivity index (χ1) is 5.83. The van der Waals surface area contributed by atoms with E-state index in [1.165, 1.54) is 6.07 Å². The van der Waals surface area contributed by atoms with Gasteiger partial charge in [-0.05, 0) is 11.6 Å². The summed E-state index contributed by atoms with van der Waals surface area (Å²) in [5.41, 5.74) is 7.43. The fraction of sp³-hybridized carbons (Fsp3) is 0.333. The van der Waals surface area contributed by atoms with E-state index in [-0.39, 0.29) is 5.82 Å². The third-order valence-corrected chi connectivity index (χ3v) is 2.13. The highest BCUT2D eigenvalue weighted by Gasteiger charge is 2.19. The largest absolute Gasteiger partial charge is 0.490 e. The van der Waals surface area contributed by atoms with Crippen molar-refractivity contribution in [2.24, 2.45) is 5.73 Å². The second-order valence-corrected chi connectivity index (χ2v) is 2.82. The van der Waals surface area contributed by atoms with Gasteiger partial charge in [0.05, 0.1) is 6.61 Å². The molecule has 1 aliphatic heterocycles. The maximum Gasteiger partial charge on any atom is 0.165 e. The molecule has 0 aromatic heterocycles. The van der Waals surface area contributed by atoms with Crippen LogP contribution in [-0.4, -0.2) is 6.61 Å². The molecule has 12 heavy (non-hydrogen) atoms. The van der Waals surface area contributed by atoms with Gasteiger partial charge in [-0.25, -0.2) is 4.39 Å². The van der Waals surface area contributed by atoms with Gasteiger partial charge in [-0.1, -0.05) is 6.07 Å². The molecule has 1 heterocycles. The molecular weight excluding hydrogens is 157 g/mol. The molecule has 0 bridgehead atoms. The monoisotopic (exact) mass is 167 g/mol.